The summed E-state index contributed by atoms with van der Waals surface area (Å²) in [6, 6.07) is 16.8. The molecule has 2 fully saturated rings. The van der Waals surface area contributed by atoms with Gasteiger partial charge >= 0.3 is 0 Å². The number of nitrogens with zero attached hydrogens (tertiary/aromatic N) is 4. The Morgan fingerprint density at radius 3 is 2.50 bits per heavy atom. The standard InChI is InChI=1S/C31H28N4O4S/c1-19-18-33-14-13-26(19)22-9-11-25(12-10-22)40(38,39)29-30(36)34-27(16-20-5-6-20)35(31(29)37)28(23-7-8-23)24-4-2-3-21(15-24)17-32/h2-4,9-15,18,20,23,28,36H,5-8,16H2,1H3. The Morgan fingerprint density at radius 1 is 1.10 bits per heavy atom. The van der Waals surface area contributed by atoms with Crippen molar-refractivity contribution in [1.29, 1.82) is 5.26 Å². The third-order valence-electron chi connectivity index (χ3n) is 7.77. The van der Waals surface area contributed by atoms with Gasteiger partial charge in [-0.1, -0.05) is 24.3 Å². The number of pyridine rings is 1. The number of hydrogen-bond donors (Lipinski definition) is 1. The van der Waals surface area contributed by atoms with Gasteiger partial charge in [0, 0.05) is 18.8 Å². The monoisotopic (exact) mass is 552 g/mol. The van der Waals surface area contributed by atoms with Crippen molar-refractivity contribution in [2.75, 3.05) is 0 Å². The quantitative estimate of drug-likeness (QED) is 0.327. The molecule has 6 rings (SSSR count). The lowest BCUT2D eigenvalue weighted by molar-refractivity contribution is 0.399. The second-order valence-electron chi connectivity index (χ2n) is 10.7. The molecule has 2 saturated carbocycles. The SMILES string of the molecule is Cc1cnccc1-c1ccc(S(=O)(=O)c2c(O)nc(CC3CC3)n(C(c3cccc(C#N)c3)C3CC3)c2=O)cc1. The average Bonchev–Trinajstić information content (AvgIpc) is 3.87. The normalized spacial score (nSPS) is 15.9. The highest BCUT2D eigenvalue weighted by Crippen LogP contribution is 2.45. The third-order valence-corrected chi connectivity index (χ3v) is 9.55. The molecule has 2 heterocycles. The first-order valence-electron chi connectivity index (χ1n) is 13.4. The number of aromatic hydroxyl groups is 1. The van der Waals surface area contributed by atoms with Crippen molar-refractivity contribution in [3.05, 3.63) is 99.9 Å². The molecule has 2 aromatic carbocycles. The first-order valence-corrected chi connectivity index (χ1v) is 14.9. The lowest BCUT2D eigenvalue weighted by Crippen LogP contribution is -2.34. The van der Waals surface area contributed by atoms with Crippen LogP contribution in [0.4, 0.5) is 0 Å². The van der Waals surface area contributed by atoms with Gasteiger partial charge in [-0.15, -0.1) is 0 Å². The Labute approximate surface area is 232 Å². The number of hydrogen-bond acceptors (Lipinski definition) is 7. The number of nitriles is 1. The lowest BCUT2D eigenvalue weighted by Gasteiger charge is -2.24. The predicted octanol–water partition coefficient (Wildman–Crippen LogP) is 4.98. The Kier molecular flexibility index (Phi) is 6.51. The maximum Gasteiger partial charge on any atom is 0.277 e. The highest BCUT2D eigenvalue weighted by molar-refractivity contribution is 7.91. The van der Waals surface area contributed by atoms with E-state index in [1.54, 1.807) is 42.7 Å². The molecule has 202 valence electrons. The van der Waals surface area contributed by atoms with E-state index in [0.717, 1.165) is 47.9 Å². The van der Waals surface area contributed by atoms with Gasteiger partial charge in [0.15, 0.2) is 4.90 Å². The molecule has 1 N–H and O–H groups in total. The van der Waals surface area contributed by atoms with E-state index >= 15 is 0 Å². The van der Waals surface area contributed by atoms with Crippen molar-refractivity contribution in [1.82, 2.24) is 14.5 Å². The molecule has 0 amide bonds. The van der Waals surface area contributed by atoms with E-state index in [4.69, 9.17) is 0 Å². The second kappa shape index (κ2) is 10.0. The molecule has 0 radical (unpaired) electrons. The summed E-state index contributed by atoms with van der Waals surface area (Å²) in [4.78, 5) is 21.8. The largest absolute Gasteiger partial charge is 0.492 e. The minimum atomic E-state index is -4.41. The summed E-state index contributed by atoms with van der Waals surface area (Å²) in [7, 11) is -4.41. The van der Waals surface area contributed by atoms with Gasteiger partial charge in [0.1, 0.15) is 5.82 Å². The fourth-order valence-corrected chi connectivity index (χ4v) is 6.70. The van der Waals surface area contributed by atoms with Crippen molar-refractivity contribution in [2.24, 2.45) is 11.8 Å². The zero-order chi connectivity index (χ0) is 28.0. The van der Waals surface area contributed by atoms with Crippen molar-refractivity contribution in [2.45, 2.75) is 54.9 Å². The molecule has 40 heavy (non-hydrogen) atoms. The van der Waals surface area contributed by atoms with E-state index in [9.17, 15) is 23.6 Å². The van der Waals surface area contributed by atoms with Crippen LogP contribution in [0, 0.1) is 30.1 Å². The molecule has 1 atom stereocenters. The van der Waals surface area contributed by atoms with Gasteiger partial charge in [0.2, 0.25) is 15.7 Å². The van der Waals surface area contributed by atoms with Crippen LogP contribution >= 0.6 is 0 Å². The zero-order valence-corrected chi connectivity index (χ0v) is 22.8. The first kappa shape index (κ1) is 26.0. The Bertz CT molecular complexity index is 1820. The lowest BCUT2D eigenvalue weighted by atomic mass is 9.99. The molecule has 0 aliphatic heterocycles. The zero-order valence-electron chi connectivity index (χ0n) is 22.0. The van der Waals surface area contributed by atoms with Crippen LogP contribution in [0.1, 0.15) is 54.2 Å². The van der Waals surface area contributed by atoms with Gasteiger partial charge in [0.25, 0.3) is 5.56 Å². The van der Waals surface area contributed by atoms with Crippen molar-refractivity contribution in [3.63, 3.8) is 0 Å². The third kappa shape index (κ3) is 4.80. The van der Waals surface area contributed by atoms with Crippen molar-refractivity contribution in [3.8, 4) is 23.1 Å². The molecule has 2 aliphatic rings. The van der Waals surface area contributed by atoms with Gasteiger partial charge < -0.3 is 5.11 Å². The highest BCUT2D eigenvalue weighted by atomic mass is 32.2. The number of aryl methyl sites for hydroxylation is 1. The fourth-order valence-electron chi connectivity index (χ4n) is 5.36. The van der Waals surface area contributed by atoms with E-state index in [2.05, 4.69) is 16.0 Å². The summed E-state index contributed by atoms with van der Waals surface area (Å²) >= 11 is 0. The molecule has 0 saturated heterocycles. The van der Waals surface area contributed by atoms with Crippen LogP contribution in [0.25, 0.3) is 11.1 Å². The number of benzene rings is 2. The highest BCUT2D eigenvalue weighted by Gasteiger charge is 2.39. The fraction of sp³-hybridized carbons (Fsp3) is 0.290. The number of rotatable bonds is 8. The van der Waals surface area contributed by atoms with Crippen molar-refractivity contribution < 1.29 is 13.5 Å². The summed E-state index contributed by atoms with van der Waals surface area (Å²) in [5, 5.41) is 20.4. The van der Waals surface area contributed by atoms with Crippen LogP contribution in [-0.4, -0.2) is 28.1 Å². The van der Waals surface area contributed by atoms with Gasteiger partial charge in [-0.2, -0.15) is 10.2 Å². The summed E-state index contributed by atoms with van der Waals surface area (Å²) < 4.78 is 29.2. The van der Waals surface area contributed by atoms with Crippen LogP contribution in [0.2, 0.25) is 0 Å². The van der Waals surface area contributed by atoms with Crippen molar-refractivity contribution >= 4 is 9.84 Å². The van der Waals surface area contributed by atoms with Crippen LogP contribution in [-0.2, 0) is 16.3 Å². The van der Waals surface area contributed by atoms with Gasteiger partial charge in [-0.25, -0.2) is 8.42 Å². The Morgan fingerprint density at radius 2 is 1.85 bits per heavy atom. The first-order chi connectivity index (χ1) is 19.3. The molecule has 1 unspecified atom stereocenters. The number of sulfone groups is 1. The Hall–Kier alpha value is -4.29. The molecular weight excluding hydrogens is 524 g/mol. The molecule has 0 spiro atoms. The van der Waals surface area contributed by atoms with Gasteiger partial charge in [0.05, 0.1) is 22.6 Å². The molecule has 8 nitrogen and oxygen atoms in total. The van der Waals surface area contributed by atoms with E-state index in [1.165, 1.54) is 16.7 Å². The van der Waals surface area contributed by atoms with E-state index in [1.807, 2.05) is 19.1 Å². The molecule has 2 aliphatic carbocycles. The molecular formula is C31H28N4O4S. The van der Waals surface area contributed by atoms with Gasteiger partial charge in [-0.3, -0.25) is 14.3 Å². The molecule has 9 heteroatoms. The topological polar surface area (TPSA) is 126 Å². The van der Waals surface area contributed by atoms with E-state index < -0.39 is 32.2 Å². The minimum absolute atomic E-state index is 0.104. The number of aromatic nitrogens is 3. The summed E-state index contributed by atoms with van der Waals surface area (Å²) in [6.45, 7) is 1.92. The smallest absolute Gasteiger partial charge is 0.277 e. The summed E-state index contributed by atoms with van der Waals surface area (Å²) in [5.41, 5.74) is 3.11. The molecule has 2 aromatic heterocycles. The average molecular weight is 553 g/mol. The molecule has 4 aromatic rings. The predicted molar refractivity (Wildman–Crippen MR) is 148 cm³/mol. The second-order valence-corrected chi connectivity index (χ2v) is 12.6. The summed E-state index contributed by atoms with van der Waals surface area (Å²) in [5.74, 6) is 0.0573. The van der Waals surface area contributed by atoms with Crippen LogP contribution in [0.15, 0.2) is 81.6 Å². The van der Waals surface area contributed by atoms with Crippen LogP contribution in [0.5, 0.6) is 5.88 Å². The maximum absolute atomic E-state index is 14.2. The summed E-state index contributed by atoms with van der Waals surface area (Å²) in [6.07, 6.45) is 7.62. The Balaban J connectivity index is 1.49. The van der Waals surface area contributed by atoms with Gasteiger partial charge in [-0.05, 0) is 97.0 Å². The van der Waals surface area contributed by atoms with E-state index in [0.29, 0.717) is 23.7 Å². The maximum atomic E-state index is 14.2. The minimum Gasteiger partial charge on any atom is -0.492 e. The van der Waals surface area contributed by atoms with Crippen LogP contribution in [0.3, 0.4) is 0 Å². The molecule has 0 bridgehead atoms. The van der Waals surface area contributed by atoms with Crippen LogP contribution < -0.4 is 5.56 Å². The van der Waals surface area contributed by atoms with E-state index in [-0.39, 0.29) is 10.8 Å².